The predicted molar refractivity (Wildman–Crippen MR) is 96.5 cm³/mol. The van der Waals surface area contributed by atoms with Gasteiger partial charge in [-0.3, -0.25) is 0 Å². The molecule has 1 heterocycles. The van der Waals surface area contributed by atoms with Crippen molar-refractivity contribution in [2.75, 3.05) is 0 Å². The molecule has 0 bridgehead atoms. The number of aryl methyl sites for hydroxylation is 1. The number of halogens is 1. The molecule has 0 atom stereocenters. The second kappa shape index (κ2) is 7.74. The number of hydrogen-bond donors (Lipinski definition) is 0. The van der Waals surface area contributed by atoms with Gasteiger partial charge in [0.2, 0.25) is 0 Å². The molecule has 0 spiro atoms. The van der Waals surface area contributed by atoms with Crippen molar-refractivity contribution < 1.29 is 0 Å². The standard InChI is InChI=1S/C20H23ClN2/c1-2-15-3-7-17(8-4-15)19-13-22-20(23-14-19)18-9-5-16(6-10-18)11-12-21/h3-4,7-8,11-14,16,18H,2,5-6,9-10H2,1H3/b12-11+/t16-,18-. The van der Waals surface area contributed by atoms with Crippen LogP contribution in [0.3, 0.4) is 0 Å². The Morgan fingerprint density at radius 3 is 2.22 bits per heavy atom. The molecular formula is C20H23ClN2. The monoisotopic (exact) mass is 326 g/mol. The summed E-state index contributed by atoms with van der Waals surface area (Å²) in [5.41, 5.74) is 5.29. The first kappa shape index (κ1) is 16.2. The zero-order chi connectivity index (χ0) is 16.1. The number of hydrogen-bond acceptors (Lipinski definition) is 2. The van der Waals surface area contributed by atoms with Crippen LogP contribution in [0.15, 0.2) is 48.3 Å². The van der Waals surface area contributed by atoms with E-state index in [2.05, 4.69) is 47.2 Å². The number of aromatic nitrogens is 2. The van der Waals surface area contributed by atoms with Crippen molar-refractivity contribution in [1.29, 1.82) is 0 Å². The summed E-state index contributed by atoms with van der Waals surface area (Å²) >= 11 is 5.68. The molecule has 2 nitrogen and oxygen atoms in total. The zero-order valence-corrected chi connectivity index (χ0v) is 14.3. The maximum atomic E-state index is 5.68. The van der Waals surface area contributed by atoms with Crippen LogP contribution in [0.1, 0.15) is 49.9 Å². The van der Waals surface area contributed by atoms with Gasteiger partial charge in [-0.15, -0.1) is 0 Å². The van der Waals surface area contributed by atoms with E-state index in [1.54, 1.807) is 5.54 Å². The second-order valence-electron chi connectivity index (χ2n) is 6.31. The van der Waals surface area contributed by atoms with Crippen molar-refractivity contribution >= 4 is 11.6 Å². The van der Waals surface area contributed by atoms with Crippen molar-refractivity contribution in [3.8, 4) is 11.1 Å². The van der Waals surface area contributed by atoms with Gasteiger partial charge in [0.25, 0.3) is 0 Å². The summed E-state index contributed by atoms with van der Waals surface area (Å²) in [7, 11) is 0. The fourth-order valence-electron chi connectivity index (χ4n) is 3.30. The number of allylic oxidation sites excluding steroid dienone is 1. The molecule has 0 radical (unpaired) electrons. The Labute approximate surface area is 143 Å². The maximum Gasteiger partial charge on any atom is 0.131 e. The second-order valence-corrected chi connectivity index (χ2v) is 6.56. The third kappa shape index (κ3) is 4.00. The van der Waals surface area contributed by atoms with Crippen LogP contribution in [0.5, 0.6) is 0 Å². The Kier molecular flexibility index (Phi) is 5.45. The quantitative estimate of drug-likeness (QED) is 0.716. The van der Waals surface area contributed by atoms with E-state index in [-0.39, 0.29) is 0 Å². The molecule has 1 fully saturated rings. The average Bonchev–Trinajstić information content (AvgIpc) is 2.63. The van der Waals surface area contributed by atoms with Crippen molar-refractivity contribution in [3.63, 3.8) is 0 Å². The minimum atomic E-state index is 0.492. The Bertz CT molecular complexity index is 638. The summed E-state index contributed by atoms with van der Waals surface area (Å²) < 4.78 is 0. The number of rotatable bonds is 4. The van der Waals surface area contributed by atoms with Gasteiger partial charge in [0.1, 0.15) is 5.82 Å². The van der Waals surface area contributed by atoms with E-state index < -0.39 is 0 Å². The third-order valence-corrected chi connectivity index (χ3v) is 4.99. The molecule has 0 aliphatic heterocycles. The first-order chi connectivity index (χ1) is 11.3. The van der Waals surface area contributed by atoms with Crippen LogP contribution in [0, 0.1) is 5.92 Å². The number of nitrogens with zero attached hydrogens (tertiary/aromatic N) is 2. The van der Waals surface area contributed by atoms with E-state index in [0.717, 1.165) is 30.7 Å². The Hall–Kier alpha value is -1.67. The van der Waals surface area contributed by atoms with Crippen LogP contribution in [-0.2, 0) is 6.42 Å². The molecule has 120 valence electrons. The average molecular weight is 327 g/mol. The molecule has 0 N–H and O–H groups in total. The SMILES string of the molecule is CCc1ccc(-c2cnc([C@H]3CC[C@H](/C=C/Cl)CC3)nc2)cc1. The normalized spacial score (nSPS) is 21.7. The zero-order valence-electron chi connectivity index (χ0n) is 13.6. The van der Waals surface area contributed by atoms with Crippen molar-refractivity contribution in [1.82, 2.24) is 9.97 Å². The summed E-state index contributed by atoms with van der Waals surface area (Å²) in [5.74, 6) is 2.11. The van der Waals surface area contributed by atoms with Gasteiger partial charge in [0, 0.05) is 29.4 Å². The highest BCUT2D eigenvalue weighted by molar-refractivity contribution is 6.25. The highest BCUT2D eigenvalue weighted by atomic mass is 35.5. The van der Waals surface area contributed by atoms with E-state index in [4.69, 9.17) is 11.6 Å². The van der Waals surface area contributed by atoms with Gasteiger partial charge in [0.05, 0.1) is 0 Å². The first-order valence-corrected chi connectivity index (χ1v) is 8.92. The Balaban J connectivity index is 1.67. The van der Waals surface area contributed by atoms with Gasteiger partial charge in [-0.05, 0) is 49.1 Å². The lowest BCUT2D eigenvalue weighted by atomic mass is 9.81. The Morgan fingerprint density at radius 1 is 1.00 bits per heavy atom. The fourth-order valence-corrected chi connectivity index (χ4v) is 3.51. The molecule has 23 heavy (non-hydrogen) atoms. The van der Waals surface area contributed by atoms with Crippen LogP contribution in [0.4, 0.5) is 0 Å². The summed E-state index contributed by atoms with van der Waals surface area (Å²) in [6, 6.07) is 8.66. The molecule has 0 amide bonds. The topological polar surface area (TPSA) is 25.8 Å². The van der Waals surface area contributed by atoms with Crippen LogP contribution >= 0.6 is 11.6 Å². The first-order valence-electron chi connectivity index (χ1n) is 8.48. The van der Waals surface area contributed by atoms with Crippen LogP contribution in [0.25, 0.3) is 11.1 Å². The van der Waals surface area contributed by atoms with E-state index in [9.17, 15) is 0 Å². The molecule has 1 aliphatic rings. The molecule has 3 heteroatoms. The minimum absolute atomic E-state index is 0.492. The fraction of sp³-hybridized carbons (Fsp3) is 0.400. The Morgan fingerprint density at radius 2 is 1.65 bits per heavy atom. The van der Waals surface area contributed by atoms with E-state index in [1.807, 2.05) is 12.4 Å². The lowest BCUT2D eigenvalue weighted by molar-refractivity contribution is 0.366. The lowest BCUT2D eigenvalue weighted by Gasteiger charge is -2.25. The summed E-state index contributed by atoms with van der Waals surface area (Å²) in [6.45, 7) is 2.17. The van der Waals surface area contributed by atoms with Crippen molar-refractivity contribution in [3.05, 3.63) is 59.7 Å². The number of benzene rings is 1. The van der Waals surface area contributed by atoms with E-state index >= 15 is 0 Å². The van der Waals surface area contributed by atoms with Gasteiger partial charge in [-0.2, -0.15) is 0 Å². The van der Waals surface area contributed by atoms with Crippen molar-refractivity contribution in [2.45, 2.75) is 44.9 Å². The molecule has 1 aliphatic carbocycles. The lowest BCUT2D eigenvalue weighted by Crippen LogP contribution is -2.13. The molecule has 2 aromatic rings. The van der Waals surface area contributed by atoms with E-state index in [0.29, 0.717) is 11.8 Å². The van der Waals surface area contributed by atoms with Crippen LogP contribution in [0.2, 0.25) is 0 Å². The predicted octanol–water partition coefficient (Wildman–Crippen LogP) is 5.73. The maximum absolute atomic E-state index is 5.68. The smallest absolute Gasteiger partial charge is 0.131 e. The van der Waals surface area contributed by atoms with Gasteiger partial charge >= 0.3 is 0 Å². The van der Waals surface area contributed by atoms with Gasteiger partial charge < -0.3 is 0 Å². The summed E-state index contributed by atoms with van der Waals surface area (Å²) in [5, 5.41) is 0. The van der Waals surface area contributed by atoms with Gasteiger partial charge in [-0.25, -0.2) is 9.97 Å². The molecule has 1 saturated carbocycles. The largest absolute Gasteiger partial charge is 0.240 e. The molecule has 1 aromatic heterocycles. The van der Waals surface area contributed by atoms with E-state index in [1.165, 1.54) is 24.0 Å². The highest BCUT2D eigenvalue weighted by Gasteiger charge is 2.22. The van der Waals surface area contributed by atoms with Gasteiger partial charge in [-0.1, -0.05) is 48.9 Å². The molecule has 1 aromatic carbocycles. The highest BCUT2D eigenvalue weighted by Crippen LogP contribution is 2.35. The minimum Gasteiger partial charge on any atom is -0.240 e. The molecule has 3 rings (SSSR count). The van der Waals surface area contributed by atoms with Crippen LogP contribution in [-0.4, -0.2) is 9.97 Å². The summed E-state index contributed by atoms with van der Waals surface area (Å²) in [6.07, 6.45) is 11.8. The van der Waals surface area contributed by atoms with Gasteiger partial charge in [0.15, 0.2) is 0 Å². The van der Waals surface area contributed by atoms with Crippen molar-refractivity contribution in [2.24, 2.45) is 5.92 Å². The molecular weight excluding hydrogens is 304 g/mol. The molecule has 0 unspecified atom stereocenters. The molecule has 0 saturated heterocycles. The summed E-state index contributed by atoms with van der Waals surface area (Å²) in [4.78, 5) is 9.27. The third-order valence-electron chi connectivity index (χ3n) is 4.85. The van der Waals surface area contributed by atoms with Crippen LogP contribution < -0.4 is 0 Å².